The predicted molar refractivity (Wildman–Crippen MR) is 140 cm³/mol. The molecule has 1 aromatic carbocycles. The lowest BCUT2D eigenvalue weighted by Gasteiger charge is -2.34. The molecule has 0 spiro atoms. The van der Waals surface area contributed by atoms with Gasteiger partial charge in [0, 0.05) is 25.2 Å². The Bertz CT molecular complexity index is 1130. The maximum Gasteiger partial charge on any atom is 0.469 e. The van der Waals surface area contributed by atoms with Crippen molar-refractivity contribution in [2.24, 2.45) is 5.73 Å². The quantitative estimate of drug-likeness (QED) is 0.254. The molecule has 0 radical (unpaired) electrons. The molecule has 3 rings (SSSR count). The van der Waals surface area contributed by atoms with Gasteiger partial charge in [0.15, 0.2) is 0 Å². The second-order valence-corrected chi connectivity index (χ2v) is 12.6. The van der Waals surface area contributed by atoms with Gasteiger partial charge in [-0.2, -0.15) is 4.31 Å². The Labute approximate surface area is 223 Å². The number of nitrogens with zero attached hydrogens (tertiary/aromatic N) is 1. The van der Waals surface area contributed by atoms with Gasteiger partial charge in [-0.25, -0.2) is 17.8 Å². The molecule has 1 saturated heterocycles. The summed E-state index contributed by atoms with van der Waals surface area (Å²) < 4.78 is 56.0. The number of phosphoric ester groups is 1. The van der Waals surface area contributed by atoms with Crippen LogP contribution in [0.2, 0.25) is 0 Å². The van der Waals surface area contributed by atoms with Crippen molar-refractivity contribution in [2.75, 3.05) is 26.3 Å². The zero-order valence-electron chi connectivity index (χ0n) is 21.2. The highest BCUT2D eigenvalue weighted by Gasteiger charge is 2.38. The molecule has 5 N–H and O–H groups in total. The fraction of sp³-hybridized carbons (Fsp3) is 0.542. The number of alkyl carbamates (subject to hydrolysis) is 1. The summed E-state index contributed by atoms with van der Waals surface area (Å²) in [5.74, 6) is 0. The largest absolute Gasteiger partial charge is 0.469 e. The monoisotopic (exact) mass is 573 g/mol. The Morgan fingerprint density at radius 3 is 2.63 bits per heavy atom. The van der Waals surface area contributed by atoms with Gasteiger partial charge in [0.05, 0.1) is 24.5 Å². The van der Waals surface area contributed by atoms with Gasteiger partial charge in [-0.3, -0.25) is 4.52 Å². The van der Waals surface area contributed by atoms with E-state index in [1.807, 2.05) is 0 Å². The number of ether oxygens (including phenoxy) is 2. The van der Waals surface area contributed by atoms with Gasteiger partial charge in [0.1, 0.15) is 12.2 Å². The van der Waals surface area contributed by atoms with E-state index in [0.29, 0.717) is 25.1 Å². The average Bonchev–Trinajstić information content (AvgIpc) is 3.36. The van der Waals surface area contributed by atoms with E-state index in [2.05, 4.69) is 5.32 Å². The normalized spacial score (nSPS) is 21.6. The summed E-state index contributed by atoms with van der Waals surface area (Å²) in [4.78, 5) is 32.2. The van der Waals surface area contributed by atoms with Gasteiger partial charge in [0.25, 0.3) is 0 Å². The molecule has 1 amide bonds. The summed E-state index contributed by atoms with van der Waals surface area (Å²) >= 11 is 0. The smallest absolute Gasteiger partial charge is 0.444 e. The Kier molecular flexibility index (Phi) is 10.9. The van der Waals surface area contributed by atoms with Crippen LogP contribution in [0.15, 0.2) is 54.3 Å². The number of nitrogens with two attached hydrogens (primary N) is 1. The molecule has 0 saturated carbocycles. The molecule has 0 bridgehead atoms. The van der Waals surface area contributed by atoms with E-state index >= 15 is 0 Å². The van der Waals surface area contributed by atoms with E-state index in [-0.39, 0.29) is 26.0 Å². The zero-order valence-corrected chi connectivity index (χ0v) is 22.9. The number of hydrogen-bond acceptors (Lipinski definition) is 8. The van der Waals surface area contributed by atoms with Crippen LogP contribution in [-0.4, -0.2) is 78.4 Å². The van der Waals surface area contributed by atoms with Crippen LogP contribution in [0.3, 0.4) is 0 Å². The molecule has 1 unspecified atom stereocenters. The molecule has 2 aliphatic rings. The van der Waals surface area contributed by atoms with Crippen LogP contribution in [-0.2, 0) is 35.0 Å². The molecule has 1 heterocycles. The van der Waals surface area contributed by atoms with E-state index in [1.165, 1.54) is 12.2 Å². The van der Waals surface area contributed by atoms with Crippen molar-refractivity contribution in [1.29, 1.82) is 0 Å². The summed E-state index contributed by atoms with van der Waals surface area (Å²) in [5, 5.41) is 1.75. The fourth-order valence-corrected chi connectivity index (χ4v) is 6.66. The summed E-state index contributed by atoms with van der Waals surface area (Å²) in [6, 6.07) is 7.89. The SMILES string of the molecule is CCCN(C[C@@H](OP(=O)(O)O)[C@H](Cc1ccccc1)NC(=O)O[C@H]1CCOC1)S(=O)(=O)C1C=CC(N)=CC1. The van der Waals surface area contributed by atoms with Crippen LogP contribution >= 0.6 is 7.82 Å². The lowest BCUT2D eigenvalue weighted by molar-refractivity contribution is 0.0608. The van der Waals surface area contributed by atoms with Crippen LogP contribution < -0.4 is 11.1 Å². The van der Waals surface area contributed by atoms with Crippen molar-refractivity contribution >= 4 is 23.9 Å². The average molecular weight is 574 g/mol. The van der Waals surface area contributed by atoms with Crippen LogP contribution in [0.1, 0.15) is 31.7 Å². The molecule has 14 heteroatoms. The summed E-state index contributed by atoms with van der Waals surface area (Å²) in [5.41, 5.74) is 6.94. The van der Waals surface area contributed by atoms with E-state index in [9.17, 15) is 27.6 Å². The number of phosphoric acid groups is 1. The van der Waals surface area contributed by atoms with E-state index in [4.69, 9.17) is 19.7 Å². The first-order valence-corrected chi connectivity index (χ1v) is 15.5. The summed E-state index contributed by atoms with van der Waals surface area (Å²) in [6.07, 6.45) is 3.17. The van der Waals surface area contributed by atoms with Crippen LogP contribution in [0.4, 0.5) is 4.79 Å². The van der Waals surface area contributed by atoms with Crippen molar-refractivity contribution in [3.63, 3.8) is 0 Å². The predicted octanol–water partition coefficient (Wildman–Crippen LogP) is 1.80. The molecule has 1 aliphatic heterocycles. The molecule has 1 aromatic rings. The standard InChI is InChI=1S/C24H36N3O9PS/c1-2-13-27(38(32,33)21-10-8-19(25)9-11-21)16-23(36-37(29,30)31)22(15-18-6-4-3-5-7-18)26-24(28)35-20-12-14-34-17-20/h3-10,20-23H,2,11-17,25H2,1H3,(H,26,28)(H2,29,30,31)/t20-,21?,22-,23+/m0/s1. The zero-order chi connectivity index (χ0) is 27.8. The van der Waals surface area contributed by atoms with E-state index in [0.717, 1.165) is 9.87 Å². The number of allylic oxidation sites excluding steroid dienone is 2. The number of amides is 1. The Hall–Kier alpha value is -2.25. The fourth-order valence-electron chi connectivity index (χ4n) is 4.30. The molecular formula is C24H36N3O9PS. The van der Waals surface area contributed by atoms with Crippen molar-refractivity contribution in [2.45, 2.75) is 56.1 Å². The lowest BCUT2D eigenvalue weighted by atomic mass is 10.0. The third kappa shape index (κ3) is 9.19. The van der Waals surface area contributed by atoms with Crippen LogP contribution in [0.25, 0.3) is 0 Å². The highest BCUT2D eigenvalue weighted by atomic mass is 32.2. The Balaban J connectivity index is 1.90. The van der Waals surface area contributed by atoms with Gasteiger partial charge in [-0.1, -0.05) is 49.4 Å². The molecule has 212 valence electrons. The molecule has 0 aromatic heterocycles. The first-order chi connectivity index (χ1) is 18.0. The molecular weight excluding hydrogens is 537 g/mol. The minimum absolute atomic E-state index is 0.0782. The summed E-state index contributed by atoms with van der Waals surface area (Å²) in [7, 11) is -9.06. The highest BCUT2D eigenvalue weighted by Crippen LogP contribution is 2.39. The van der Waals surface area contributed by atoms with Crippen LogP contribution in [0, 0.1) is 0 Å². The molecule has 38 heavy (non-hydrogen) atoms. The number of nitrogens with one attached hydrogen (secondary N) is 1. The second kappa shape index (κ2) is 13.7. The molecule has 12 nitrogen and oxygen atoms in total. The number of carbonyl (C=O) groups excluding carboxylic acids is 1. The van der Waals surface area contributed by atoms with Crippen molar-refractivity contribution in [1.82, 2.24) is 9.62 Å². The van der Waals surface area contributed by atoms with Gasteiger partial charge in [-0.15, -0.1) is 0 Å². The molecule has 1 fully saturated rings. The van der Waals surface area contributed by atoms with Gasteiger partial charge >= 0.3 is 13.9 Å². The van der Waals surface area contributed by atoms with Gasteiger partial charge < -0.3 is 30.3 Å². The topological polar surface area (TPSA) is 178 Å². The number of benzene rings is 1. The van der Waals surface area contributed by atoms with Crippen LogP contribution in [0.5, 0.6) is 0 Å². The number of rotatable bonds is 13. The Morgan fingerprint density at radius 2 is 2.05 bits per heavy atom. The third-order valence-corrected chi connectivity index (χ3v) is 8.88. The summed E-state index contributed by atoms with van der Waals surface area (Å²) in [6.45, 7) is 2.16. The van der Waals surface area contributed by atoms with Gasteiger partial charge in [-0.05, 0) is 30.9 Å². The van der Waals surface area contributed by atoms with Crippen molar-refractivity contribution < 1.29 is 41.6 Å². The first-order valence-electron chi connectivity index (χ1n) is 12.4. The lowest BCUT2D eigenvalue weighted by Crippen LogP contribution is -2.53. The third-order valence-electron chi connectivity index (χ3n) is 6.17. The number of carbonyl (C=O) groups is 1. The second-order valence-electron chi connectivity index (χ2n) is 9.21. The minimum Gasteiger partial charge on any atom is -0.444 e. The maximum absolute atomic E-state index is 13.5. The maximum atomic E-state index is 13.5. The number of hydrogen-bond donors (Lipinski definition) is 4. The van der Waals surface area contributed by atoms with E-state index in [1.54, 1.807) is 43.3 Å². The van der Waals surface area contributed by atoms with Crippen molar-refractivity contribution in [3.05, 3.63) is 59.8 Å². The van der Waals surface area contributed by atoms with Crippen molar-refractivity contribution in [3.8, 4) is 0 Å². The first kappa shape index (κ1) is 30.3. The molecule has 4 atom stereocenters. The molecule has 1 aliphatic carbocycles. The number of sulfonamides is 1. The Morgan fingerprint density at radius 1 is 1.32 bits per heavy atom. The minimum atomic E-state index is -5.09. The van der Waals surface area contributed by atoms with Gasteiger partial charge in [0.2, 0.25) is 10.0 Å². The highest BCUT2D eigenvalue weighted by molar-refractivity contribution is 7.89. The van der Waals surface area contributed by atoms with E-state index < -0.39 is 54.0 Å².